The molecule has 1 aromatic heterocycles. The molecule has 74 valence electrons. The molecular weight excluding hydrogens is 162 g/mol. The van der Waals surface area contributed by atoms with Gasteiger partial charge in [0.25, 0.3) is 0 Å². The van der Waals surface area contributed by atoms with Gasteiger partial charge in [0, 0.05) is 6.54 Å². The molecule has 1 heterocycles. The van der Waals surface area contributed by atoms with Crippen LogP contribution in [0.5, 0.6) is 0 Å². The van der Waals surface area contributed by atoms with Crippen LogP contribution < -0.4 is 0 Å². The van der Waals surface area contributed by atoms with E-state index in [1.165, 1.54) is 5.69 Å². The summed E-state index contributed by atoms with van der Waals surface area (Å²) in [5.41, 5.74) is 2.39. The van der Waals surface area contributed by atoms with E-state index in [0.717, 1.165) is 25.1 Å². The SMILES string of the molecule is CCCn1nnc(C)c1CC(C)C. The summed E-state index contributed by atoms with van der Waals surface area (Å²) in [6.07, 6.45) is 2.20. The molecular formula is C10H19N3. The monoisotopic (exact) mass is 181 g/mol. The van der Waals surface area contributed by atoms with Gasteiger partial charge in [-0.15, -0.1) is 5.10 Å². The van der Waals surface area contributed by atoms with Gasteiger partial charge in [0.05, 0.1) is 11.4 Å². The first-order valence-corrected chi connectivity index (χ1v) is 5.04. The predicted molar refractivity (Wildman–Crippen MR) is 53.6 cm³/mol. The van der Waals surface area contributed by atoms with E-state index >= 15 is 0 Å². The van der Waals surface area contributed by atoms with E-state index in [-0.39, 0.29) is 0 Å². The van der Waals surface area contributed by atoms with Crippen LogP contribution in [0.2, 0.25) is 0 Å². The standard InChI is InChI=1S/C10H19N3/c1-5-6-13-10(7-8(2)3)9(4)11-12-13/h8H,5-7H2,1-4H3. The largest absolute Gasteiger partial charge is 0.249 e. The maximum Gasteiger partial charge on any atom is 0.0828 e. The molecule has 3 nitrogen and oxygen atoms in total. The Hall–Kier alpha value is -0.860. The lowest BCUT2D eigenvalue weighted by atomic mass is 10.1. The minimum atomic E-state index is 0.674. The van der Waals surface area contributed by atoms with Gasteiger partial charge in [-0.1, -0.05) is 26.0 Å². The summed E-state index contributed by atoms with van der Waals surface area (Å²) >= 11 is 0. The van der Waals surface area contributed by atoms with Crippen LogP contribution in [0.15, 0.2) is 0 Å². The van der Waals surface area contributed by atoms with Crippen molar-refractivity contribution in [2.75, 3.05) is 0 Å². The van der Waals surface area contributed by atoms with Crippen LogP contribution >= 0.6 is 0 Å². The lowest BCUT2D eigenvalue weighted by Crippen LogP contribution is -2.07. The molecule has 0 aliphatic heterocycles. The van der Waals surface area contributed by atoms with E-state index in [4.69, 9.17) is 0 Å². The van der Waals surface area contributed by atoms with Gasteiger partial charge in [-0.2, -0.15) is 0 Å². The van der Waals surface area contributed by atoms with Gasteiger partial charge < -0.3 is 0 Å². The average molecular weight is 181 g/mol. The third-order valence-corrected chi connectivity index (χ3v) is 2.07. The summed E-state index contributed by atoms with van der Waals surface area (Å²) < 4.78 is 2.04. The molecule has 0 unspecified atom stereocenters. The van der Waals surface area contributed by atoms with E-state index in [0.29, 0.717) is 5.92 Å². The van der Waals surface area contributed by atoms with Crippen LogP contribution in [0.4, 0.5) is 0 Å². The Morgan fingerprint density at radius 1 is 1.38 bits per heavy atom. The quantitative estimate of drug-likeness (QED) is 0.713. The van der Waals surface area contributed by atoms with Crippen LogP contribution in [0.25, 0.3) is 0 Å². The molecule has 0 bridgehead atoms. The van der Waals surface area contributed by atoms with Gasteiger partial charge in [0.1, 0.15) is 0 Å². The number of aryl methyl sites for hydroxylation is 2. The van der Waals surface area contributed by atoms with E-state index < -0.39 is 0 Å². The van der Waals surface area contributed by atoms with Crippen LogP contribution in [-0.4, -0.2) is 15.0 Å². The normalized spacial score (nSPS) is 11.2. The zero-order chi connectivity index (χ0) is 9.84. The summed E-state index contributed by atoms with van der Waals surface area (Å²) in [4.78, 5) is 0. The maximum absolute atomic E-state index is 4.13. The van der Waals surface area contributed by atoms with Crippen molar-refractivity contribution < 1.29 is 0 Å². The fourth-order valence-electron chi connectivity index (χ4n) is 1.45. The lowest BCUT2D eigenvalue weighted by molar-refractivity contribution is 0.526. The zero-order valence-corrected chi connectivity index (χ0v) is 9.04. The molecule has 0 saturated heterocycles. The van der Waals surface area contributed by atoms with Crippen LogP contribution in [0.1, 0.15) is 38.6 Å². The number of aromatic nitrogens is 3. The van der Waals surface area contributed by atoms with Gasteiger partial charge >= 0.3 is 0 Å². The summed E-state index contributed by atoms with van der Waals surface area (Å²) in [7, 11) is 0. The van der Waals surface area contributed by atoms with Crippen molar-refractivity contribution in [1.29, 1.82) is 0 Å². The fourth-order valence-corrected chi connectivity index (χ4v) is 1.45. The summed E-state index contributed by atoms with van der Waals surface area (Å²) in [6.45, 7) is 9.64. The van der Waals surface area contributed by atoms with E-state index in [2.05, 4.69) is 31.1 Å². The van der Waals surface area contributed by atoms with Gasteiger partial charge in [-0.05, 0) is 25.7 Å². The van der Waals surface area contributed by atoms with Crippen LogP contribution in [0, 0.1) is 12.8 Å². The van der Waals surface area contributed by atoms with Crippen molar-refractivity contribution in [2.45, 2.75) is 47.1 Å². The number of hydrogen-bond donors (Lipinski definition) is 0. The topological polar surface area (TPSA) is 30.7 Å². The molecule has 0 spiro atoms. The Morgan fingerprint density at radius 3 is 2.62 bits per heavy atom. The van der Waals surface area contributed by atoms with Crippen molar-refractivity contribution in [3.8, 4) is 0 Å². The Labute approximate surface area is 80.1 Å². The molecule has 1 aromatic rings. The molecule has 0 amide bonds. The van der Waals surface area contributed by atoms with Crippen molar-refractivity contribution in [3.05, 3.63) is 11.4 Å². The zero-order valence-electron chi connectivity index (χ0n) is 9.04. The lowest BCUT2D eigenvalue weighted by Gasteiger charge is -2.07. The Kier molecular flexibility index (Phi) is 3.46. The minimum absolute atomic E-state index is 0.674. The first kappa shape index (κ1) is 10.2. The van der Waals surface area contributed by atoms with Gasteiger partial charge in [0.15, 0.2) is 0 Å². The van der Waals surface area contributed by atoms with Crippen molar-refractivity contribution >= 4 is 0 Å². The van der Waals surface area contributed by atoms with Crippen molar-refractivity contribution in [3.63, 3.8) is 0 Å². The molecule has 0 aliphatic carbocycles. The number of hydrogen-bond acceptors (Lipinski definition) is 2. The Balaban J connectivity index is 2.81. The molecule has 0 N–H and O–H groups in total. The molecule has 0 aromatic carbocycles. The number of nitrogens with zero attached hydrogens (tertiary/aromatic N) is 3. The van der Waals surface area contributed by atoms with Crippen LogP contribution in [0.3, 0.4) is 0 Å². The third kappa shape index (κ3) is 2.54. The first-order chi connectivity index (χ1) is 6.15. The molecule has 0 atom stereocenters. The molecule has 0 radical (unpaired) electrons. The first-order valence-electron chi connectivity index (χ1n) is 5.04. The van der Waals surface area contributed by atoms with Crippen molar-refractivity contribution in [2.24, 2.45) is 5.92 Å². The second-order valence-electron chi connectivity index (χ2n) is 3.94. The molecule has 13 heavy (non-hydrogen) atoms. The molecule has 3 heteroatoms. The predicted octanol–water partition coefficient (Wildman–Crippen LogP) is 2.20. The summed E-state index contributed by atoms with van der Waals surface area (Å²) in [6, 6.07) is 0. The van der Waals surface area contributed by atoms with Gasteiger partial charge in [-0.3, -0.25) is 0 Å². The highest BCUT2D eigenvalue weighted by Gasteiger charge is 2.09. The Bertz CT molecular complexity index is 263. The second-order valence-corrected chi connectivity index (χ2v) is 3.94. The highest BCUT2D eigenvalue weighted by molar-refractivity contribution is 5.08. The van der Waals surface area contributed by atoms with E-state index in [1.54, 1.807) is 0 Å². The van der Waals surface area contributed by atoms with E-state index in [1.807, 2.05) is 11.6 Å². The van der Waals surface area contributed by atoms with Crippen molar-refractivity contribution in [1.82, 2.24) is 15.0 Å². The fraction of sp³-hybridized carbons (Fsp3) is 0.800. The minimum Gasteiger partial charge on any atom is -0.249 e. The van der Waals surface area contributed by atoms with Gasteiger partial charge in [-0.25, -0.2) is 4.68 Å². The highest BCUT2D eigenvalue weighted by atomic mass is 15.4. The molecule has 0 aliphatic rings. The summed E-state index contributed by atoms with van der Waals surface area (Å²) in [5.74, 6) is 0.674. The van der Waals surface area contributed by atoms with Gasteiger partial charge in [0.2, 0.25) is 0 Å². The van der Waals surface area contributed by atoms with Crippen LogP contribution in [-0.2, 0) is 13.0 Å². The summed E-state index contributed by atoms with van der Waals surface area (Å²) in [5, 5.41) is 8.23. The Morgan fingerprint density at radius 2 is 2.08 bits per heavy atom. The second kappa shape index (κ2) is 4.40. The average Bonchev–Trinajstić information content (AvgIpc) is 2.36. The molecule has 0 saturated carbocycles. The number of rotatable bonds is 4. The molecule has 0 fully saturated rings. The third-order valence-electron chi connectivity index (χ3n) is 2.07. The smallest absolute Gasteiger partial charge is 0.0828 e. The highest BCUT2D eigenvalue weighted by Crippen LogP contribution is 2.10. The maximum atomic E-state index is 4.13. The molecule has 1 rings (SSSR count). The van der Waals surface area contributed by atoms with E-state index in [9.17, 15) is 0 Å².